The summed E-state index contributed by atoms with van der Waals surface area (Å²) in [7, 11) is 3.59. The first-order valence-electron chi connectivity index (χ1n) is 6.44. The monoisotopic (exact) mass is 303 g/mol. The van der Waals surface area contributed by atoms with E-state index in [1.54, 1.807) is 22.8 Å². The van der Waals surface area contributed by atoms with Crippen molar-refractivity contribution >= 4 is 17.2 Å². The smallest absolute Gasteiger partial charge is 0.257 e. The van der Waals surface area contributed by atoms with Crippen LogP contribution in [0.25, 0.3) is 0 Å². The van der Waals surface area contributed by atoms with Crippen LogP contribution in [-0.4, -0.2) is 39.3 Å². The van der Waals surface area contributed by atoms with Crippen LogP contribution in [0.15, 0.2) is 17.6 Å². The van der Waals surface area contributed by atoms with Gasteiger partial charge in [0, 0.05) is 26.3 Å². The number of aryl methyl sites for hydroxylation is 1. The Hall–Kier alpha value is -2.10. The molecule has 21 heavy (non-hydrogen) atoms. The van der Waals surface area contributed by atoms with Gasteiger partial charge >= 0.3 is 0 Å². The van der Waals surface area contributed by atoms with E-state index in [4.69, 9.17) is 5.11 Å². The van der Waals surface area contributed by atoms with Crippen molar-refractivity contribution in [1.82, 2.24) is 14.7 Å². The molecule has 0 saturated carbocycles. The highest BCUT2D eigenvalue weighted by molar-refractivity contribution is 7.10. The normalized spacial score (nSPS) is 10.1. The highest BCUT2D eigenvalue weighted by Gasteiger charge is 2.17. The molecule has 0 spiro atoms. The average Bonchev–Trinajstić information content (AvgIpc) is 3.04. The second kappa shape index (κ2) is 6.57. The zero-order chi connectivity index (χ0) is 15.4. The van der Waals surface area contributed by atoms with Crippen molar-refractivity contribution in [3.05, 3.63) is 39.3 Å². The van der Waals surface area contributed by atoms with Crippen molar-refractivity contribution in [2.24, 2.45) is 7.05 Å². The van der Waals surface area contributed by atoms with Crippen molar-refractivity contribution in [3.8, 4) is 11.8 Å². The van der Waals surface area contributed by atoms with E-state index >= 15 is 0 Å². The third kappa shape index (κ3) is 3.51. The van der Waals surface area contributed by atoms with Crippen LogP contribution in [0.4, 0.5) is 0 Å². The van der Waals surface area contributed by atoms with Crippen LogP contribution >= 0.6 is 11.3 Å². The Balaban J connectivity index is 2.07. The molecule has 0 unspecified atom stereocenters. The Morgan fingerprint density at radius 2 is 2.33 bits per heavy atom. The van der Waals surface area contributed by atoms with E-state index < -0.39 is 0 Å². The van der Waals surface area contributed by atoms with Crippen molar-refractivity contribution in [2.45, 2.75) is 13.5 Å². The number of hydrogen-bond acceptors (Lipinski definition) is 4. The largest absolute Gasteiger partial charge is 0.384 e. The van der Waals surface area contributed by atoms with Crippen LogP contribution < -0.4 is 0 Å². The van der Waals surface area contributed by atoms with Gasteiger partial charge in [-0.2, -0.15) is 5.10 Å². The Kier molecular flexibility index (Phi) is 4.78. The summed E-state index contributed by atoms with van der Waals surface area (Å²) in [5, 5.41) is 14.7. The van der Waals surface area contributed by atoms with E-state index in [1.807, 2.05) is 25.4 Å². The maximum atomic E-state index is 12.4. The Bertz CT molecular complexity index is 706. The van der Waals surface area contributed by atoms with Crippen LogP contribution in [0.2, 0.25) is 0 Å². The molecule has 0 atom stereocenters. The maximum Gasteiger partial charge on any atom is 0.257 e. The Morgan fingerprint density at radius 1 is 1.57 bits per heavy atom. The van der Waals surface area contributed by atoms with Crippen molar-refractivity contribution in [3.63, 3.8) is 0 Å². The van der Waals surface area contributed by atoms with Crippen LogP contribution in [0.3, 0.4) is 0 Å². The Morgan fingerprint density at radius 3 is 2.95 bits per heavy atom. The van der Waals surface area contributed by atoms with Gasteiger partial charge in [0.05, 0.1) is 16.6 Å². The van der Waals surface area contributed by atoms with Gasteiger partial charge in [-0.3, -0.25) is 9.48 Å². The molecule has 0 aromatic carbocycles. The van der Waals surface area contributed by atoms with E-state index in [0.29, 0.717) is 12.1 Å². The van der Waals surface area contributed by atoms with E-state index in [1.165, 1.54) is 11.3 Å². The van der Waals surface area contributed by atoms with Crippen LogP contribution in [0.1, 0.15) is 26.5 Å². The lowest BCUT2D eigenvalue weighted by atomic mass is 10.2. The van der Waals surface area contributed by atoms with Crippen LogP contribution in [-0.2, 0) is 13.6 Å². The molecule has 0 bridgehead atoms. The van der Waals surface area contributed by atoms with Gasteiger partial charge in [-0.1, -0.05) is 11.8 Å². The lowest BCUT2D eigenvalue weighted by Crippen LogP contribution is -2.26. The van der Waals surface area contributed by atoms with Gasteiger partial charge in [-0.25, -0.2) is 0 Å². The summed E-state index contributed by atoms with van der Waals surface area (Å²) in [4.78, 5) is 14.9. The SMILES string of the molecule is Cc1c(C(=O)N(C)Cc2csc(C#CCO)c2)cnn1C. The zero-order valence-electron chi connectivity index (χ0n) is 12.3. The van der Waals surface area contributed by atoms with Crippen molar-refractivity contribution in [2.75, 3.05) is 13.7 Å². The molecule has 0 aliphatic heterocycles. The highest BCUT2D eigenvalue weighted by Crippen LogP contribution is 2.17. The molecule has 0 aliphatic rings. The zero-order valence-corrected chi connectivity index (χ0v) is 13.1. The number of amides is 1. The lowest BCUT2D eigenvalue weighted by Gasteiger charge is -2.16. The lowest BCUT2D eigenvalue weighted by molar-refractivity contribution is 0.0784. The molecular formula is C15H17N3O2S. The van der Waals surface area contributed by atoms with Gasteiger partial charge in [-0.15, -0.1) is 11.3 Å². The maximum absolute atomic E-state index is 12.4. The molecule has 5 nitrogen and oxygen atoms in total. The van der Waals surface area contributed by atoms with E-state index in [9.17, 15) is 4.79 Å². The number of aromatic nitrogens is 2. The number of aliphatic hydroxyl groups excluding tert-OH is 1. The fraction of sp³-hybridized carbons (Fsp3) is 0.333. The van der Waals surface area contributed by atoms with Gasteiger partial charge in [0.1, 0.15) is 6.61 Å². The standard InChI is InChI=1S/C15H17N3O2S/c1-11-14(8-16-18(11)3)15(20)17(2)9-12-7-13(21-10-12)5-4-6-19/h7-8,10,19H,6,9H2,1-3H3. The molecule has 2 rings (SSSR count). The second-order valence-corrected chi connectivity index (χ2v) is 5.62. The van der Waals surface area contributed by atoms with E-state index in [2.05, 4.69) is 16.9 Å². The summed E-state index contributed by atoms with van der Waals surface area (Å²) in [6.45, 7) is 2.25. The summed E-state index contributed by atoms with van der Waals surface area (Å²) >= 11 is 1.51. The second-order valence-electron chi connectivity index (χ2n) is 4.71. The van der Waals surface area contributed by atoms with Gasteiger partial charge in [-0.05, 0) is 23.9 Å². The number of carbonyl (C=O) groups is 1. The summed E-state index contributed by atoms with van der Waals surface area (Å²) in [6.07, 6.45) is 1.60. The predicted octanol–water partition coefficient (Wildman–Crippen LogP) is 1.41. The minimum Gasteiger partial charge on any atom is -0.384 e. The molecule has 0 fully saturated rings. The topological polar surface area (TPSA) is 58.4 Å². The van der Waals surface area contributed by atoms with Crippen LogP contribution in [0, 0.1) is 18.8 Å². The molecule has 0 radical (unpaired) electrons. The Labute approximate surface area is 127 Å². The predicted molar refractivity (Wildman–Crippen MR) is 82.0 cm³/mol. The van der Waals surface area contributed by atoms with E-state index in [-0.39, 0.29) is 12.5 Å². The number of thiophene rings is 1. The molecule has 1 amide bonds. The molecule has 2 heterocycles. The third-order valence-electron chi connectivity index (χ3n) is 3.18. The molecule has 0 saturated heterocycles. The van der Waals surface area contributed by atoms with Crippen molar-refractivity contribution < 1.29 is 9.90 Å². The van der Waals surface area contributed by atoms with Gasteiger partial charge < -0.3 is 10.0 Å². The fourth-order valence-electron chi connectivity index (χ4n) is 1.91. The molecule has 0 aliphatic carbocycles. The number of nitrogens with zero attached hydrogens (tertiary/aromatic N) is 3. The first-order valence-corrected chi connectivity index (χ1v) is 7.32. The van der Waals surface area contributed by atoms with Gasteiger partial charge in [0.15, 0.2) is 0 Å². The summed E-state index contributed by atoms with van der Waals surface area (Å²) in [5.41, 5.74) is 2.50. The first-order chi connectivity index (χ1) is 10.0. The number of rotatable bonds is 3. The highest BCUT2D eigenvalue weighted by atomic mass is 32.1. The van der Waals surface area contributed by atoms with Crippen molar-refractivity contribution in [1.29, 1.82) is 0 Å². The minimum absolute atomic E-state index is 0.0465. The molecule has 6 heteroatoms. The summed E-state index contributed by atoms with van der Waals surface area (Å²) in [6, 6.07) is 1.94. The molecule has 1 N–H and O–H groups in total. The average molecular weight is 303 g/mol. The minimum atomic E-state index is -0.147. The quantitative estimate of drug-likeness (QED) is 0.872. The fourth-order valence-corrected chi connectivity index (χ4v) is 2.68. The molecule has 2 aromatic heterocycles. The molecule has 2 aromatic rings. The van der Waals surface area contributed by atoms with E-state index in [0.717, 1.165) is 16.1 Å². The number of hydrogen-bond donors (Lipinski definition) is 1. The van der Waals surface area contributed by atoms with Gasteiger partial charge in [0.25, 0.3) is 5.91 Å². The summed E-state index contributed by atoms with van der Waals surface area (Å²) in [5.74, 6) is 5.43. The van der Waals surface area contributed by atoms with Gasteiger partial charge in [0.2, 0.25) is 0 Å². The first kappa shape index (κ1) is 15.3. The third-order valence-corrected chi connectivity index (χ3v) is 4.07. The number of carbonyl (C=O) groups excluding carboxylic acids is 1. The molecule has 110 valence electrons. The number of aliphatic hydroxyl groups is 1. The molecular weight excluding hydrogens is 286 g/mol. The van der Waals surface area contributed by atoms with Crippen LogP contribution in [0.5, 0.6) is 0 Å². The summed E-state index contributed by atoms with van der Waals surface area (Å²) < 4.78 is 1.69.